The smallest absolute Gasteiger partial charge is 0.348 e. The van der Waals surface area contributed by atoms with Crippen molar-refractivity contribution < 1.29 is 14.4 Å². The molecular formula is C16H17N3O4. The molecule has 0 saturated carbocycles. The van der Waals surface area contributed by atoms with Gasteiger partial charge in [-0.2, -0.15) is 5.06 Å². The van der Waals surface area contributed by atoms with Crippen LogP contribution in [-0.2, 0) is 22.5 Å². The van der Waals surface area contributed by atoms with Gasteiger partial charge in [0.1, 0.15) is 0 Å². The van der Waals surface area contributed by atoms with Gasteiger partial charge in [0.15, 0.2) is 0 Å². The molecule has 0 fully saturated rings. The standard InChI is InChI=1S/C16H17N3O4/c17-16(22)19(23-11-20)8-6-12-3-1-4-13(9-12)10-14-5-2-7-18-15(14)21/h1-5,7,9,11H,6,8,10H2,(H2,17,22)(H,18,21). The normalized spacial score (nSPS) is 10.1. The fraction of sp³-hybridized carbons (Fsp3) is 0.188. The number of hydrogen-bond donors (Lipinski definition) is 2. The van der Waals surface area contributed by atoms with Gasteiger partial charge in [0.25, 0.3) is 5.56 Å². The molecule has 0 spiro atoms. The molecule has 0 unspecified atom stereocenters. The number of H-pyrrole nitrogens is 1. The SMILES string of the molecule is NC(=O)N(CCc1cccc(Cc2ccc[nH]c2=O)c1)OC=O. The number of carbonyl (C=O) groups excluding carboxylic acids is 2. The summed E-state index contributed by atoms with van der Waals surface area (Å²) in [4.78, 5) is 40.2. The van der Waals surface area contributed by atoms with E-state index in [9.17, 15) is 14.4 Å². The predicted octanol–water partition coefficient (Wildman–Crippen LogP) is 0.977. The van der Waals surface area contributed by atoms with Gasteiger partial charge in [0.05, 0.1) is 6.54 Å². The summed E-state index contributed by atoms with van der Waals surface area (Å²) >= 11 is 0. The van der Waals surface area contributed by atoms with Gasteiger partial charge in [-0.15, -0.1) is 0 Å². The maximum absolute atomic E-state index is 11.7. The second-order valence-electron chi connectivity index (χ2n) is 4.91. The molecule has 1 aromatic heterocycles. The average Bonchev–Trinajstić information content (AvgIpc) is 2.54. The van der Waals surface area contributed by atoms with Crippen LogP contribution in [0.5, 0.6) is 0 Å². The van der Waals surface area contributed by atoms with Crippen LogP contribution in [0.25, 0.3) is 0 Å². The number of benzene rings is 1. The molecule has 2 rings (SSSR count). The lowest BCUT2D eigenvalue weighted by molar-refractivity contribution is -0.159. The maximum atomic E-state index is 11.7. The molecule has 0 atom stereocenters. The van der Waals surface area contributed by atoms with Gasteiger partial charge in [-0.05, 0) is 23.6 Å². The van der Waals surface area contributed by atoms with Crippen molar-refractivity contribution in [2.75, 3.05) is 6.54 Å². The second kappa shape index (κ2) is 7.79. The Morgan fingerprint density at radius 1 is 1.26 bits per heavy atom. The van der Waals surface area contributed by atoms with E-state index < -0.39 is 6.03 Å². The summed E-state index contributed by atoms with van der Waals surface area (Å²) in [7, 11) is 0. The van der Waals surface area contributed by atoms with Crippen molar-refractivity contribution in [3.8, 4) is 0 Å². The predicted molar refractivity (Wildman–Crippen MR) is 83.5 cm³/mol. The van der Waals surface area contributed by atoms with E-state index in [1.54, 1.807) is 18.3 Å². The Morgan fingerprint density at radius 3 is 2.74 bits per heavy atom. The van der Waals surface area contributed by atoms with Crippen molar-refractivity contribution >= 4 is 12.5 Å². The van der Waals surface area contributed by atoms with Gasteiger partial charge in [-0.25, -0.2) is 4.79 Å². The quantitative estimate of drug-likeness (QED) is 0.586. The number of hydroxylamine groups is 2. The van der Waals surface area contributed by atoms with Crippen LogP contribution >= 0.6 is 0 Å². The third-order valence-corrected chi connectivity index (χ3v) is 3.31. The van der Waals surface area contributed by atoms with Crippen LogP contribution in [0.3, 0.4) is 0 Å². The van der Waals surface area contributed by atoms with E-state index in [4.69, 9.17) is 5.73 Å². The number of rotatable bonds is 7. The van der Waals surface area contributed by atoms with E-state index in [0.29, 0.717) is 18.4 Å². The van der Waals surface area contributed by atoms with Crippen molar-refractivity contribution in [3.05, 3.63) is 69.6 Å². The fourth-order valence-corrected chi connectivity index (χ4v) is 2.21. The van der Waals surface area contributed by atoms with Crippen molar-refractivity contribution in [2.24, 2.45) is 5.73 Å². The molecule has 7 heteroatoms. The van der Waals surface area contributed by atoms with Crippen LogP contribution in [0.2, 0.25) is 0 Å². The van der Waals surface area contributed by atoms with Crippen LogP contribution in [0.1, 0.15) is 16.7 Å². The van der Waals surface area contributed by atoms with Crippen LogP contribution in [0.4, 0.5) is 4.79 Å². The molecule has 2 aromatic rings. The van der Waals surface area contributed by atoms with Crippen molar-refractivity contribution in [1.82, 2.24) is 10.0 Å². The van der Waals surface area contributed by atoms with Gasteiger partial charge < -0.3 is 15.6 Å². The number of pyridine rings is 1. The van der Waals surface area contributed by atoms with E-state index in [1.807, 2.05) is 24.3 Å². The minimum Gasteiger partial charge on any atom is -0.349 e. The molecule has 0 radical (unpaired) electrons. The number of nitrogens with two attached hydrogens (primary N) is 1. The first kappa shape index (κ1) is 16.3. The Balaban J connectivity index is 2.05. The molecule has 3 N–H and O–H groups in total. The lowest BCUT2D eigenvalue weighted by atomic mass is 10.0. The zero-order chi connectivity index (χ0) is 16.7. The Bertz CT molecular complexity index is 742. The zero-order valence-electron chi connectivity index (χ0n) is 12.4. The summed E-state index contributed by atoms with van der Waals surface area (Å²) in [5.41, 5.74) is 7.57. The molecule has 1 heterocycles. The number of urea groups is 1. The third kappa shape index (κ3) is 4.70. The van der Waals surface area contributed by atoms with Crippen molar-refractivity contribution in [3.63, 3.8) is 0 Å². The molecule has 120 valence electrons. The number of nitrogens with one attached hydrogen (secondary N) is 1. The molecule has 1 aromatic carbocycles. The first-order valence-corrected chi connectivity index (χ1v) is 7.02. The maximum Gasteiger partial charge on any atom is 0.348 e. The topological polar surface area (TPSA) is 105 Å². The number of nitrogens with zero attached hydrogens (tertiary/aromatic N) is 1. The van der Waals surface area contributed by atoms with E-state index in [0.717, 1.165) is 16.2 Å². The first-order chi connectivity index (χ1) is 11.1. The van der Waals surface area contributed by atoms with E-state index in [2.05, 4.69) is 9.82 Å². The van der Waals surface area contributed by atoms with Gasteiger partial charge in [-0.1, -0.05) is 30.3 Å². The molecule has 2 amide bonds. The minimum atomic E-state index is -0.830. The molecular weight excluding hydrogens is 298 g/mol. The van der Waals surface area contributed by atoms with E-state index in [-0.39, 0.29) is 18.6 Å². The Labute approximate surface area is 132 Å². The minimum absolute atomic E-state index is 0.114. The van der Waals surface area contributed by atoms with Crippen LogP contribution in [0.15, 0.2) is 47.4 Å². The van der Waals surface area contributed by atoms with Gasteiger partial charge in [0, 0.05) is 18.2 Å². The highest BCUT2D eigenvalue weighted by Gasteiger charge is 2.10. The molecule has 23 heavy (non-hydrogen) atoms. The van der Waals surface area contributed by atoms with E-state index in [1.165, 1.54) is 0 Å². The van der Waals surface area contributed by atoms with Gasteiger partial charge in [-0.3, -0.25) is 9.59 Å². The first-order valence-electron chi connectivity index (χ1n) is 7.02. The second-order valence-corrected chi connectivity index (χ2v) is 4.91. The monoisotopic (exact) mass is 315 g/mol. The average molecular weight is 315 g/mol. The highest BCUT2D eigenvalue weighted by atomic mass is 16.7. The van der Waals surface area contributed by atoms with Gasteiger partial charge >= 0.3 is 12.5 Å². The Morgan fingerprint density at radius 2 is 2.04 bits per heavy atom. The molecule has 0 aliphatic carbocycles. The largest absolute Gasteiger partial charge is 0.349 e. The number of hydrogen-bond acceptors (Lipinski definition) is 4. The number of carbonyl (C=O) groups is 2. The lowest BCUT2D eigenvalue weighted by Gasteiger charge is -2.16. The molecule has 0 aliphatic rings. The summed E-state index contributed by atoms with van der Waals surface area (Å²) in [6.45, 7) is 0.312. The zero-order valence-corrected chi connectivity index (χ0v) is 12.4. The van der Waals surface area contributed by atoms with Gasteiger partial charge in [0.2, 0.25) is 0 Å². The fourth-order valence-electron chi connectivity index (χ4n) is 2.21. The van der Waals surface area contributed by atoms with E-state index >= 15 is 0 Å². The van der Waals surface area contributed by atoms with Crippen LogP contribution in [-0.4, -0.2) is 29.1 Å². The molecule has 0 bridgehead atoms. The number of primary amides is 1. The number of amides is 2. The summed E-state index contributed by atoms with van der Waals surface area (Å²) in [6.07, 6.45) is 2.57. The summed E-state index contributed by atoms with van der Waals surface area (Å²) in [5, 5.41) is 0.793. The van der Waals surface area contributed by atoms with Crippen molar-refractivity contribution in [1.29, 1.82) is 0 Å². The highest BCUT2D eigenvalue weighted by Crippen LogP contribution is 2.10. The highest BCUT2D eigenvalue weighted by molar-refractivity contribution is 5.71. The molecule has 7 nitrogen and oxygen atoms in total. The summed E-state index contributed by atoms with van der Waals surface area (Å²) < 4.78 is 0. The summed E-state index contributed by atoms with van der Waals surface area (Å²) in [5.74, 6) is 0. The Kier molecular flexibility index (Phi) is 5.51. The Hall–Kier alpha value is -3.09. The molecule has 0 saturated heterocycles. The van der Waals surface area contributed by atoms with Crippen molar-refractivity contribution in [2.45, 2.75) is 12.8 Å². The van der Waals surface area contributed by atoms with Crippen LogP contribution < -0.4 is 11.3 Å². The lowest BCUT2D eigenvalue weighted by Crippen LogP contribution is -2.36. The number of aromatic nitrogens is 1. The van der Waals surface area contributed by atoms with Crippen LogP contribution in [0, 0.1) is 0 Å². The third-order valence-electron chi connectivity index (χ3n) is 3.31. The summed E-state index contributed by atoms with van der Waals surface area (Å²) in [6, 6.07) is 10.3. The molecule has 0 aliphatic heterocycles. The number of aromatic amines is 1.